The maximum Gasteiger partial charge on any atom is 0.293 e. The van der Waals surface area contributed by atoms with Crippen molar-refractivity contribution in [1.29, 1.82) is 0 Å². The quantitative estimate of drug-likeness (QED) is 0.592. The number of hydrogen-bond donors (Lipinski definition) is 1. The molecule has 27 heavy (non-hydrogen) atoms. The molecule has 5 nitrogen and oxygen atoms in total. The van der Waals surface area contributed by atoms with Crippen LogP contribution < -0.4 is 4.74 Å². The third kappa shape index (κ3) is 4.31. The average molecular weight is 469 g/mol. The van der Waals surface area contributed by atoms with Crippen molar-refractivity contribution in [2.75, 3.05) is 6.61 Å². The number of thioether (sulfide) groups is 1. The van der Waals surface area contributed by atoms with E-state index in [1.807, 2.05) is 0 Å². The van der Waals surface area contributed by atoms with Crippen LogP contribution in [0.4, 0.5) is 4.79 Å². The zero-order valence-electron chi connectivity index (χ0n) is 14.2. The van der Waals surface area contributed by atoms with E-state index in [9.17, 15) is 14.7 Å². The van der Waals surface area contributed by atoms with Gasteiger partial charge >= 0.3 is 0 Å². The summed E-state index contributed by atoms with van der Waals surface area (Å²) < 4.78 is 5.96. The fourth-order valence-electron chi connectivity index (χ4n) is 2.51. The van der Waals surface area contributed by atoms with Crippen LogP contribution in [0.3, 0.4) is 0 Å². The number of carbonyl (C=O) groups is 2. The highest BCUT2D eigenvalue weighted by atomic mass is 79.9. The summed E-state index contributed by atoms with van der Waals surface area (Å²) >= 11 is 10.4. The van der Waals surface area contributed by atoms with Gasteiger partial charge in [0.2, 0.25) is 0 Å². The van der Waals surface area contributed by atoms with Gasteiger partial charge in [-0.3, -0.25) is 14.5 Å². The number of imide groups is 1. The Balaban J connectivity index is 1.88. The number of nitrogens with zero attached hydrogens (tertiary/aromatic N) is 1. The van der Waals surface area contributed by atoms with Crippen molar-refractivity contribution >= 4 is 56.5 Å². The lowest BCUT2D eigenvalue weighted by molar-refractivity contribution is -0.123. The largest absolute Gasteiger partial charge is 0.504 e. The van der Waals surface area contributed by atoms with E-state index >= 15 is 0 Å². The summed E-state index contributed by atoms with van der Waals surface area (Å²) in [5.74, 6) is -0.0854. The summed E-state index contributed by atoms with van der Waals surface area (Å²) in [5.41, 5.74) is 1.33. The molecule has 8 heteroatoms. The topological polar surface area (TPSA) is 66.8 Å². The van der Waals surface area contributed by atoms with Crippen LogP contribution in [0.5, 0.6) is 11.5 Å². The SMILES string of the molecule is CCOc1cc(/C=C2\SC(=O)N(Cc3ccccc3Cl)C2=O)c(Br)cc1O. The van der Waals surface area contributed by atoms with E-state index < -0.39 is 0 Å². The molecule has 3 rings (SSSR count). The van der Waals surface area contributed by atoms with E-state index in [0.29, 0.717) is 37.9 Å². The molecule has 0 radical (unpaired) electrons. The minimum atomic E-state index is -0.386. The monoisotopic (exact) mass is 467 g/mol. The number of rotatable bonds is 5. The minimum absolute atomic E-state index is 0.00676. The highest BCUT2D eigenvalue weighted by Crippen LogP contribution is 2.38. The molecule has 2 amide bonds. The summed E-state index contributed by atoms with van der Waals surface area (Å²) in [7, 11) is 0. The first kappa shape index (κ1) is 19.8. The number of phenolic OH excluding ortho intramolecular Hbond substituents is 1. The van der Waals surface area contributed by atoms with E-state index in [-0.39, 0.29) is 23.4 Å². The van der Waals surface area contributed by atoms with Gasteiger partial charge in [-0.1, -0.05) is 45.7 Å². The molecule has 1 saturated heterocycles. The third-order valence-corrected chi connectivity index (χ3v) is 5.79. The second kappa shape index (κ2) is 8.37. The number of hydrogen-bond acceptors (Lipinski definition) is 5. The smallest absolute Gasteiger partial charge is 0.293 e. The molecule has 0 unspecified atom stereocenters. The van der Waals surface area contributed by atoms with Crippen LogP contribution in [-0.4, -0.2) is 27.8 Å². The van der Waals surface area contributed by atoms with E-state index in [1.165, 1.54) is 6.07 Å². The number of amides is 2. The molecule has 0 atom stereocenters. The van der Waals surface area contributed by atoms with Gasteiger partial charge in [0.1, 0.15) is 0 Å². The van der Waals surface area contributed by atoms with Crippen molar-refractivity contribution in [3.05, 3.63) is 61.9 Å². The van der Waals surface area contributed by atoms with Crippen molar-refractivity contribution in [3.8, 4) is 11.5 Å². The van der Waals surface area contributed by atoms with Gasteiger partial charge in [0, 0.05) is 9.50 Å². The molecule has 2 aromatic carbocycles. The summed E-state index contributed by atoms with van der Waals surface area (Å²) in [6, 6.07) is 10.2. The maximum absolute atomic E-state index is 12.7. The Hall–Kier alpha value is -1.96. The third-order valence-electron chi connectivity index (χ3n) is 3.82. The lowest BCUT2D eigenvalue weighted by Crippen LogP contribution is -2.27. The Morgan fingerprint density at radius 2 is 2.04 bits per heavy atom. The van der Waals surface area contributed by atoms with Crippen LogP contribution in [0.15, 0.2) is 45.8 Å². The summed E-state index contributed by atoms with van der Waals surface area (Å²) in [4.78, 5) is 26.5. The first-order valence-corrected chi connectivity index (χ1v) is 10.0. The van der Waals surface area contributed by atoms with Crippen molar-refractivity contribution in [3.63, 3.8) is 0 Å². The first-order chi connectivity index (χ1) is 12.9. The van der Waals surface area contributed by atoms with E-state index in [1.54, 1.807) is 43.3 Å². The average Bonchev–Trinajstić information content (AvgIpc) is 2.88. The first-order valence-electron chi connectivity index (χ1n) is 8.04. The van der Waals surface area contributed by atoms with Crippen molar-refractivity contribution in [2.45, 2.75) is 13.5 Å². The van der Waals surface area contributed by atoms with Crippen molar-refractivity contribution in [1.82, 2.24) is 4.90 Å². The Labute approximate surface area is 174 Å². The number of carbonyl (C=O) groups excluding carboxylic acids is 2. The number of halogens is 2. The fraction of sp³-hybridized carbons (Fsp3) is 0.158. The summed E-state index contributed by atoms with van der Waals surface area (Å²) in [6.45, 7) is 2.31. The second-order valence-corrected chi connectivity index (χ2v) is 7.89. The van der Waals surface area contributed by atoms with Crippen molar-refractivity contribution in [2.24, 2.45) is 0 Å². The molecule has 0 bridgehead atoms. The zero-order valence-corrected chi connectivity index (χ0v) is 17.4. The molecule has 0 spiro atoms. The van der Waals surface area contributed by atoms with Gasteiger partial charge in [-0.15, -0.1) is 0 Å². The van der Waals surface area contributed by atoms with Gasteiger partial charge in [0.25, 0.3) is 11.1 Å². The fourth-order valence-corrected chi connectivity index (χ4v) is 3.99. The van der Waals surface area contributed by atoms with E-state index in [2.05, 4.69) is 15.9 Å². The molecule has 1 N–H and O–H groups in total. The standard InChI is InChI=1S/C19H15BrClNO4S/c1-2-26-16-7-12(13(20)9-15(16)23)8-17-18(24)22(19(25)27-17)10-11-5-3-4-6-14(11)21/h3-9,23H,2,10H2,1H3/b17-8-. The normalized spacial score (nSPS) is 15.7. The number of aromatic hydroxyl groups is 1. The molecular formula is C19H15BrClNO4S. The van der Waals surface area contributed by atoms with E-state index in [0.717, 1.165) is 16.7 Å². The molecule has 140 valence electrons. The van der Waals surface area contributed by atoms with Crippen LogP contribution in [0, 0.1) is 0 Å². The van der Waals surface area contributed by atoms with Crippen LogP contribution >= 0.6 is 39.3 Å². The Kier molecular flexibility index (Phi) is 6.14. The number of benzene rings is 2. The highest BCUT2D eigenvalue weighted by molar-refractivity contribution is 9.10. The lowest BCUT2D eigenvalue weighted by Gasteiger charge is -2.13. The van der Waals surface area contributed by atoms with Crippen LogP contribution in [0.2, 0.25) is 5.02 Å². The Morgan fingerprint density at radius 1 is 1.30 bits per heavy atom. The Morgan fingerprint density at radius 3 is 2.74 bits per heavy atom. The zero-order chi connectivity index (χ0) is 19.6. The van der Waals surface area contributed by atoms with Crippen LogP contribution in [-0.2, 0) is 11.3 Å². The van der Waals surface area contributed by atoms with Crippen LogP contribution in [0.1, 0.15) is 18.1 Å². The Bertz CT molecular complexity index is 947. The summed E-state index contributed by atoms with van der Waals surface area (Å²) in [6.07, 6.45) is 1.60. The van der Waals surface area contributed by atoms with E-state index in [4.69, 9.17) is 16.3 Å². The van der Waals surface area contributed by atoms with Gasteiger partial charge < -0.3 is 9.84 Å². The molecule has 0 saturated carbocycles. The van der Waals surface area contributed by atoms with Crippen molar-refractivity contribution < 1.29 is 19.4 Å². The van der Waals surface area contributed by atoms with Gasteiger partial charge in [-0.05, 0) is 54.1 Å². The molecule has 1 heterocycles. The number of ether oxygens (including phenoxy) is 1. The predicted octanol–water partition coefficient (Wildman–Crippen LogP) is 5.44. The molecule has 0 aromatic heterocycles. The molecular weight excluding hydrogens is 454 g/mol. The van der Waals surface area contributed by atoms with Gasteiger partial charge in [0.05, 0.1) is 18.1 Å². The highest BCUT2D eigenvalue weighted by Gasteiger charge is 2.35. The van der Waals surface area contributed by atoms with Gasteiger partial charge in [-0.2, -0.15) is 0 Å². The molecule has 0 aliphatic carbocycles. The van der Waals surface area contributed by atoms with Gasteiger partial charge in [-0.25, -0.2) is 0 Å². The van der Waals surface area contributed by atoms with Gasteiger partial charge in [0.15, 0.2) is 11.5 Å². The lowest BCUT2D eigenvalue weighted by atomic mass is 10.1. The van der Waals surface area contributed by atoms with Crippen LogP contribution in [0.25, 0.3) is 6.08 Å². The molecule has 1 aliphatic rings. The maximum atomic E-state index is 12.7. The predicted molar refractivity (Wildman–Crippen MR) is 110 cm³/mol. The minimum Gasteiger partial charge on any atom is -0.504 e. The molecule has 2 aromatic rings. The second-order valence-electron chi connectivity index (χ2n) is 5.63. The molecule has 1 fully saturated rings. The molecule has 1 aliphatic heterocycles. The summed E-state index contributed by atoms with van der Waals surface area (Å²) in [5, 5.41) is 10.1. The number of phenols is 1.